The van der Waals surface area contributed by atoms with Crippen LogP contribution < -0.4 is 15.4 Å². The first-order valence-electron chi connectivity index (χ1n) is 16.1. The monoisotopic (exact) mass is 697 g/mol. The summed E-state index contributed by atoms with van der Waals surface area (Å²) in [4.78, 5) is 27.5. The predicted octanol–water partition coefficient (Wildman–Crippen LogP) is 5.81. The van der Waals surface area contributed by atoms with E-state index in [9.17, 15) is 23.1 Å². The molecule has 0 aliphatic carbocycles. The van der Waals surface area contributed by atoms with E-state index in [1.165, 1.54) is 23.5 Å². The van der Waals surface area contributed by atoms with Crippen LogP contribution in [0.5, 0.6) is 5.75 Å². The number of sulfonamides is 1. The topological polar surface area (TPSA) is 134 Å². The molecule has 0 fully saturated rings. The van der Waals surface area contributed by atoms with Crippen molar-refractivity contribution >= 4 is 33.8 Å². The molecule has 0 spiro atoms. The van der Waals surface area contributed by atoms with Gasteiger partial charge < -0.3 is 25.2 Å². The number of ether oxygens (including phenoxy) is 2. The lowest BCUT2D eigenvalue weighted by Gasteiger charge is -2.31. The highest BCUT2D eigenvalue weighted by Gasteiger charge is 2.32. The minimum atomic E-state index is -3.98. The van der Waals surface area contributed by atoms with Crippen molar-refractivity contribution in [2.75, 3.05) is 26.0 Å². The minimum absolute atomic E-state index is 0.0250. The van der Waals surface area contributed by atoms with Crippen molar-refractivity contribution in [2.45, 2.75) is 81.0 Å². The smallest absolute Gasteiger partial charge is 0.408 e. The molecule has 3 aromatic rings. The van der Waals surface area contributed by atoms with Crippen molar-refractivity contribution in [3.8, 4) is 5.75 Å². The average molecular weight is 698 g/mol. The Bertz CT molecular complexity index is 1640. The fraction of sp³-hybridized carbons (Fsp3) is 0.444. The van der Waals surface area contributed by atoms with E-state index in [0.29, 0.717) is 17.7 Å². The number of benzene rings is 3. The standard InChI is InChI=1S/C36H47N3O7S2/c1-24(2)22-39(48(43,44)28-15-13-27(45-6)14-16-28)23-32(40)31(20-25-10-8-7-9-11-25)37-34(41)26-12-17-33-29(21-26)30(18-19-47-33)38-35(42)46-36(3,4)5/h7-17,21,24,30-32,40H,18-20,22-23H2,1-6H3,(H,37,41)(H,38,42)/t30-,31+,32-/m1/s1. The molecule has 3 aromatic carbocycles. The molecule has 2 amide bonds. The number of amides is 2. The predicted molar refractivity (Wildman–Crippen MR) is 188 cm³/mol. The van der Waals surface area contributed by atoms with Crippen LogP contribution in [0.2, 0.25) is 0 Å². The maximum Gasteiger partial charge on any atom is 0.408 e. The summed E-state index contributed by atoms with van der Waals surface area (Å²) in [6.07, 6.45) is -0.821. The van der Waals surface area contributed by atoms with Crippen LogP contribution in [-0.4, -0.2) is 73.5 Å². The molecule has 3 atom stereocenters. The van der Waals surface area contributed by atoms with E-state index in [1.807, 2.05) is 50.2 Å². The number of methoxy groups -OCH3 is 1. The van der Waals surface area contributed by atoms with Crippen molar-refractivity contribution in [1.29, 1.82) is 0 Å². The quantitative estimate of drug-likeness (QED) is 0.204. The third-order valence-electron chi connectivity index (χ3n) is 7.74. The van der Waals surface area contributed by atoms with Crippen LogP contribution in [0.4, 0.5) is 4.79 Å². The van der Waals surface area contributed by atoms with E-state index in [4.69, 9.17) is 9.47 Å². The van der Waals surface area contributed by atoms with Gasteiger partial charge in [0.05, 0.1) is 30.2 Å². The van der Waals surface area contributed by atoms with Crippen LogP contribution in [-0.2, 0) is 21.2 Å². The first kappa shape index (κ1) is 37.2. The van der Waals surface area contributed by atoms with Crippen molar-refractivity contribution in [1.82, 2.24) is 14.9 Å². The number of carbonyl (C=O) groups is 2. The van der Waals surface area contributed by atoms with Gasteiger partial charge in [-0.05, 0) is 93.1 Å². The van der Waals surface area contributed by atoms with Gasteiger partial charge in [-0.2, -0.15) is 4.31 Å². The van der Waals surface area contributed by atoms with Gasteiger partial charge in [-0.25, -0.2) is 13.2 Å². The normalized spacial score (nSPS) is 16.1. The molecule has 0 radical (unpaired) electrons. The summed E-state index contributed by atoms with van der Waals surface area (Å²) in [6, 6.07) is 19.8. The molecule has 4 rings (SSSR count). The first-order chi connectivity index (χ1) is 22.7. The van der Waals surface area contributed by atoms with E-state index in [1.54, 1.807) is 56.8 Å². The van der Waals surface area contributed by atoms with Crippen LogP contribution in [0.15, 0.2) is 82.6 Å². The second-order valence-corrected chi connectivity index (χ2v) is 16.4. The fourth-order valence-electron chi connectivity index (χ4n) is 5.45. The average Bonchev–Trinajstić information content (AvgIpc) is 3.03. The largest absolute Gasteiger partial charge is 0.497 e. The number of nitrogens with zero attached hydrogens (tertiary/aromatic N) is 1. The first-order valence-corrected chi connectivity index (χ1v) is 18.5. The van der Waals surface area contributed by atoms with Crippen LogP contribution >= 0.6 is 11.8 Å². The number of hydrogen-bond donors (Lipinski definition) is 3. The Labute approximate surface area is 288 Å². The molecule has 0 unspecified atom stereocenters. The number of aliphatic hydroxyl groups is 1. The molecule has 260 valence electrons. The highest BCUT2D eigenvalue weighted by molar-refractivity contribution is 7.99. The number of aliphatic hydroxyl groups excluding tert-OH is 1. The number of nitrogens with one attached hydrogen (secondary N) is 2. The number of fused-ring (bicyclic) bond motifs is 1. The molecule has 1 aliphatic rings. The maximum absolute atomic E-state index is 13.8. The van der Waals surface area contributed by atoms with Crippen LogP contribution in [0, 0.1) is 5.92 Å². The lowest BCUT2D eigenvalue weighted by Crippen LogP contribution is -2.51. The van der Waals surface area contributed by atoms with Crippen molar-refractivity contribution < 1.29 is 32.6 Å². The number of rotatable bonds is 13. The number of alkyl carbamates (subject to hydrolysis) is 1. The van der Waals surface area contributed by atoms with E-state index in [0.717, 1.165) is 21.8 Å². The van der Waals surface area contributed by atoms with Gasteiger partial charge in [-0.1, -0.05) is 44.2 Å². The van der Waals surface area contributed by atoms with Gasteiger partial charge in [0.25, 0.3) is 5.91 Å². The molecule has 12 heteroatoms. The highest BCUT2D eigenvalue weighted by Crippen LogP contribution is 2.37. The molecule has 0 bridgehead atoms. The van der Waals surface area contributed by atoms with Gasteiger partial charge in [-0.3, -0.25) is 4.79 Å². The summed E-state index contributed by atoms with van der Waals surface area (Å²) >= 11 is 1.65. The van der Waals surface area contributed by atoms with Gasteiger partial charge in [0.15, 0.2) is 0 Å². The Hall–Kier alpha value is -3.58. The molecule has 10 nitrogen and oxygen atoms in total. The minimum Gasteiger partial charge on any atom is -0.497 e. The van der Waals surface area contributed by atoms with E-state index in [2.05, 4.69) is 10.6 Å². The van der Waals surface area contributed by atoms with Gasteiger partial charge in [0.1, 0.15) is 11.4 Å². The Kier molecular flexibility index (Phi) is 12.6. The number of thioether (sulfide) groups is 1. The molecular weight excluding hydrogens is 651 g/mol. The van der Waals surface area contributed by atoms with Gasteiger partial charge in [-0.15, -0.1) is 11.8 Å². The zero-order valence-electron chi connectivity index (χ0n) is 28.4. The summed E-state index contributed by atoms with van der Waals surface area (Å²) < 4.78 is 39.5. The number of hydrogen-bond acceptors (Lipinski definition) is 8. The Morgan fingerprint density at radius 3 is 2.33 bits per heavy atom. The van der Waals surface area contributed by atoms with E-state index < -0.39 is 39.8 Å². The Balaban J connectivity index is 1.59. The molecule has 3 N–H and O–H groups in total. The maximum atomic E-state index is 13.8. The zero-order chi connectivity index (χ0) is 35.1. The summed E-state index contributed by atoms with van der Waals surface area (Å²) in [7, 11) is -2.47. The summed E-state index contributed by atoms with van der Waals surface area (Å²) in [5, 5.41) is 17.6. The van der Waals surface area contributed by atoms with Crippen LogP contribution in [0.3, 0.4) is 0 Å². The third kappa shape index (κ3) is 10.2. The van der Waals surface area contributed by atoms with Gasteiger partial charge in [0.2, 0.25) is 10.0 Å². The second-order valence-electron chi connectivity index (χ2n) is 13.3. The SMILES string of the molecule is COc1ccc(S(=O)(=O)N(CC(C)C)C[C@@H](O)[C@H](Cc2ccccc2)NC(=O)c2ccc3c(c2)[C@H](NC(=O)OC(C)(C)C)CCS3)cc1. The van der Waals surface area contributed by atoms with Crippen molar-refractivity contribution in [3.63, 3.8) is 0 Å². The van der Waals surface area contributed by atoms with Gasteiger partial charge >= 0.3 is 6.09 Å². The fourth-order valence-corrected chi connectivity index (χ4v) is 8.18. The summed E-state index contributed by atoms with van der Waals surface area (Å²) in [5.74, 6) is 0.889. The van der Waals surface area contributed by atoms with Crippen molar-refractivity contribution in [2.24, 2.45) is 5.92 Å². The lowest BCUT2D eigenvalue weighted by atomic mass is 9.98. The molecule has 0 aromatic heterocycles. The Morgan fingerprint density at radius 2 is 1.71 bits per heavy atom. The second kappa shape index (κ2) is 16.2. The Morgan fingerprint density at radius 1 is 1.02 bits per heavy atom. The lowest BCUT2D eigenvalue weighted by molar-refractivity contribution is 0.0501. The van der Waals surface area contributed by atoms with E-state index >= 15 is 0 Å². The highest BCUT2D eigenvalue weighted by atomic mass is 32.2. The number of carbonyl (C=O) groups excluding carboxylic acids is 2. The van der Waals surface area contributed by atoms with Crippen LogP contribution in [0.1, 0.15) is 68.6 Å². The van der Waals surface area contributed by atoms with E-state index in [-0.39, 0.29) is 36.4 Å². The summed E-state index contributed by atoms with van der Waals surface area (Å²) in [5.41, 5.74) is 1.41. The third-order valence-corrected chi connectivity index (χ3v) is 10.7. The zero-order valence-corrected chi connectivity index (χ0v) is 30.1. The molecule has 0 saturated carbocycles. The molecule has 1 aliphatic heterocycles. The van der Waals surface area contributed by atoms with Crippen LogP contribution in [0.25, 0.3) is 0 Å². The van der Waals surface area contributed by atoms with Gasteiger partial charge in [0, 0.05) is 29.3 Å². The molecule has 1 heterocycles. The molecule has 48 heavy (non-hydrogen) atoms. The summed E-state index contributed by atoms with van der Waals surface area (Å²) in [6.45, 7) is 9.17. The molecular formula is C36H47N3O7S2. The van der Waals surface area contributed by atoms with Crippen molar-refractivity contribution in [3.05, 3.63) is 89.5 Å². The molecule has 0 saturated heterocycles.